The predicted octanol–water partition coefficient (Wildman–Crippen LogP) is 1.64. The van der Waals surface area contributed by atoms with Gasteiger partial charge in [0.05, 0.1) is 5.69 Å². The Morgan fingerprint density at radius 3 is 2.55 bits per heavy atom. The van der Waals surface area contributed by atoms with E-state index >= 15 is 0 Å². The summed E-state index contributed by atoms with van der Waals surface area (Å²) in [5, 5.41) is 3.14. The van der Waals surface area contributed by atoms with E-state index in [1.54, 1.807) is 30.5 Å². The molecule has 0 amide bonds. The van der Waals surface area contributed by atoms with Crippen LogP contribution in [0.4, 0.5) is 5.69 Å². The third kappa shape index (κ3) is 3.55. The molecule has 20 heavy (non-hydrogen) atoms. The van der Waals surface area contributed by atoms with Gasteiger partial charge in [-0.25, -0.2) is 13.1 Å². The van der Waals surface area contributed by atoms with Crippen molar-refractivity contribution in [2.45, 2.75) is 11.3 Å². The van der Waals surface area contributed by atoms with Crippen molar-refractivity contribution in [3.05, 3.63) is 54.4 Å². The molecule has 0 aliphatic carbocycles. The van der Waals surface area contributed by atoms with Crippen LogP contribution >= 0.6 is 0 Å². The zero-order chi connectivity index (χ0) is 14.4. The first-order valence-corrected chi connectivity index (χ1v) is 7.78. The minimum absolute atomic E-state index is 0.253. The summed E-state index contributed by atoms with van der Waals surface area (Å²) in [5.41, 5.74) is 1.56. The van der Waals surface area contributed by atoms with E-state index in [0.29, 0.717) is 12.2 Å². The summed E-state index contributed by atoms with van der Waals surface area (Å²) in [6.07, 6.45) is 2.48. The van der Waals surface area contributed by atoms with Crippen molar-refractivity contribution < 1.29 is 8.42 Å². The minimum atomic E-state index is -3.45. The Bertz CT molecular complexity index is 657. The molecule has 5 nitrogen and oxygen atoms in total. The van der Waals surface area contributed by atoms with Crippen molar-refractivity contribution in [1.82, 2.24) is 9.71 Å². The van der Waals surface area contributed by atoms with Crippen molar-refractivity contribution in [3.8, 4) is 0 Å². The molecule has 1 aromatic carbocycles. The molecule has 0 aliphatic heterocycles. The lowest BCUT2D eigenvalue weighted by Crippen LogP contribution is -2.20. The van der Waals surface area contributed by atoms with E-state index in [4.69, 9.17) is 0 Å². The number of hydrogen-bond acceptors (Lipinski definition) is 4. The first kappa shape index (κ1) is 14.5. The van der Waals surface area contributed by atoms with Gasteiger partial charge in [0, 0.05) is 24.9 Å². The van der Waals surface area contributed by atoms with Crippen LogP contribution < -0.4 is 10.0 Å². The number of rotatable bonds is 6. The van der Waals surface area contributed by atoms with Gasteiger partial charge in [0.25, 0.3) is 0 Å². The van der Waals surface area contributed by atoms with Crippen LogP contribution in [0.2, 0.25) is 0 Å². The maximum Gasteiger partial charge on any atom is 0.242 e. The first-order valence-electron chi connectivity index (χ1n) is 6.30. The Kier molecular flexibility index (Phi) is 4.70. The number of benzene rings is 1. The van der Waals surface area contributed by atoms with Gasteiger partial charge in [-0.2, -0.15) is 0 Å². The van der Waals surface area contributed by atoms with Crippen LogP contribution in [0, 0.1) is 0 Å². The molecule has 0 aliphatic rings. The predicted molar refractivity (Wildman–Crippen MR) is 79.1 cm³/mol. The second kappa shape index (κ2) is 6.49. The van der Waals surface area contributed by atoms with Crippen molar-refractivity contribution in [2.24, 2.45) is 0 Å². The summed E-state index contributed by atoms with van der Waals surface area (Å²) < 4.78 is 26.1. The SMILES string of the molecule is CNS(=O)(=O)c1ccccc1NCCc1ccccn1. The Hall–Kier alpha value is -1.92. The van der Waals surface area contributed by atoms with Gasteiger partial charge in [-0.1, -0.05) is 18.2 Å². The maximum atomic E-state index is 11.9. The fourth-order valence-electron chi connectivity index (χ4n) is 1.83. The second-order valence-electron chi connectivity index (χ2n) is 4.20. The molecule has 2 aromatic rings. The first-order chi connectivity index (χ1) is 9.63. The summed E-state index contributed by atoms with van der Waals surface area (Å²) >= 11 is 0. The van der Waals surface area contributed by atoms with E-state index in [2.05, 4.69) is 15.0 Å². The maximum absolute atomic E-state index is 11.9. The van der Waals surface area contributed by atoms with Crippen LogP contribution in [0.1, 0.15) is 5.69 Å². The molecular formula is C14H17N3O2S. The van der Waals surface area contributed by atoms with Crippen molar-refractivity contribution in [3.63, 3.8) is 0 Å². The highest BCUT2D eigenvalue weighted by molar-refractivity contribution is 7.89. The Balaban J connectivity index is 2.07. The molecule has 2 N–H and O–H groups in total. The van der Waals surface area contributed by atoms with Crippen molar-refractivity contribution >= 4 is 15.7 Å². The summed E-state index contributed by atoms with van der Waals surface area (Å²) in [4.78, 5) is 4.48. The second-order valence-corrected chi connectivity index (χ2v) is 6.06. The summed E-state index contributed by atoms with van der Waals surface area (Å²) in [5.74, 6) is 0. The minimum Gasteiger partial charge on any atom is -0.384 e. The smallest absolute Gasteiger partial charge is 0.242 e. The number of hydrogen-bond donors (Lipinski definition) is 2. The highest BCUT2D eigenvalue weighted by Gasteiger charge is 2.15. The third-order valence-electron chi connectivity index (χ3n) is 2.87. The highest BCUT2D eigenvalue weighted by Crippen LogP contribution is 2.20. The number of anilines is 1. The van der Waals surface area contributed by atoms with E-state index in [-0.39, 0.29) is 4.90 Å². The monoisotopic (exact) mass is 291 g/mol. The fourth-order valence-corrected chi connectivity index (χ4v) is 2.74. The molecule has 0 saturated carbocycles. The lowest BCUT2D eigenvalue weighted by atomic mass is 10.2. The van der Waals surface area contributed by atoms with Crippen LogP contribution in [0.25, 0.3) is 0 Å². The van der Waals surface area contributed by atoms with E-state index in [1.807, 2.05) is 18.2 Å². The third-order valence-corrected chi connectivity index (χ3v) is 4.34. The molecule has 1 heterocycles. The number of sulfonamides is 1. The molecule has 0 bridgehead atoms. The summed E-state index contributed by atoms with van der Waals surface area (Å²) in [7, 11) is -2.05. The van der Waals surface area contributed by atoms with E-state index in [1.165, 1.54) is 7.05 Å². The van der Waals surface area contributed by atoms with Gasteiger partial charge in [0.2, 0.25) is 10.0 Å². The molecule has 0 fully saturated rings. The lowest BCUT2D eigenvalue weighted by molar-refractivity contribution is 0.588. The standard InChI is InChI=1S/C14H17N3O2S/c1-15-20(18,19)14-8-3-2-7-13(14)17-11-9-12-6-4-5-10-16-12/h2-8,10,15,17H,9,11H2,1H3. The summed E-state index contributed by atoms with van der Waals surface area (Å²) in [6.45, 7) is 0.618. The molecule has 106 valence electrons. The normalized spacial score (nSPS) is 11.2. The van der Waals surface area contributed by atoms with Crippen LogP contribution in [0.5, 0.6) is 0 Å². The highest BCUT2D eigenvalue weighted by atomic mass is 32.2. The van der Waals surface area contributed by atoms with E-state index in [0.717, 1.165) is 12.1 Å². The van der Waals surface area contributed by atoms with Gasteiger partial charge >= 0.3 is 0 Å². The zero-order valence-electron chi connectivity index (χ0n) is 11.2. The molecule has 6 heteroatoms. The largest absolute Gasteiger partial charge is 0.384 e. The zero-order valence-corrected chi connectivity index (χ0v) is 12.0. The molecule has 0 radical (unpaired) electrons. The van der Waals surface area contributed by atoms with Crippen molar-refractivity contribution in [1.29, 1.82) is 0 Å². The quantitative estimate of drug-likeness (QED) is 0.849. The Morgan fingerprint density at radius 2 is 1.85 bits per heavy atom. The van der Waals surface area contributed by atoms with Crippen LogP contribution in [0.3, 0.4) is 0 Å². The van der Waals surface area contributed by atoms with Crippen LogP contribution in [-0.4, -0.2) is 27.0 Å². The van der Waals surface area contributed by atoms with Gasteiger partial charge in [-0.05, 0) is 31.3 Å². The van der Waals surface area contributed by atoms with Crippen LogP contribution in [-0.2, 0) is 16.4 Å². The molecule has 0 atom stereocenters. The van der Waals surface area contributed by atoms with Crippen molar-refractivity contribution in [2.75, 3.05) is 18.9 Å². The number of nitrogens with zero attached hydrogens (tertiary/aromatic N) is 1. The van der Waals surface area contributed by atoms with Gasteiger partial charge < -0.3 is 5.32 Å². The number of para-hydroxylation sites is 1. The average Bonchev–Trinajstić information content (AvgIpc) is 2.49. The molecule has 0 spiro atoms. The number of nitrogens with one attached hydrogen (secondary N) is 2. The van der Waals surface area contributed by atoms with Gasteiger partial charge in [0.15, 0.2) is 0 Å². The molecular weight excluding hydrogens is 274 g/mol. The van der Waals surface area contributed by atoms with E-state index < -0.39 is 10.0 Å². The topological polar surface area (TPSA) is 71.1 Å². The average molecular weight is 291 g/mol. The van der Waals surface area contributed by atoms with Gasteiger partial charge in [0.1, 0.15) is 4.90 Å². The molecule has 0 unspecified atom stereocenters. The number of aromatic nitrogens is 1. The fraction of sp³-hybridized carbons (Fsp3) is 0.214. The molecule has 1 aromatic heterocycles. The molecule has 0 saturated heterocycles. The van der Waals surface area contributed by atoms with Gasteiger partial charge in [-0.3, -0.25) is 4.98 Å². The Labute approximate surface area is 119 Å². The number of pyridine rings is 1. The van der Waals surface area contributed by atoms with Gasteiger partial charge in [-0.15, -0.1) is 0 Å². The Morgan fingerprint density at radius 1 is 1.10 bits per heavy atom. The summed E-state index contributed by atoms with van der Waals surface area (Å²) in [6, 6.07) is 12.6. The van der Waals surface area contributed by atoms with Crippen LogP contribution in [0.15, 0.2) is 53.6 Å². The lowest BCUT2D eigenvalue weighted by Gasteiger charge is -2.11. The van der Waals surface area contributed by atoms with E-state index in [9.17, 15) is 8.42 Å². The molecule has 2 rings (SSSR count).